The Morgan fingerprint density at radius 1 is 1.13 bits per heavy atom. The van der Waals surface area contributed by atoms with Gasteiger partial charge >= 0.3 is 0 Å². The zero-order chi connectivity index (χ0) is 27.8. The molecule has 1 aliphatic heterocycles. The molecular formula is C29H35F2N5O3. The van der Waals surface area contributed by atoms with Crippen molar-refractivity contribution in [3.05, 3.63) is 72.1 Å². The Balaban J connectivity index is 1.57. The van der Waals surface area contributed by atoms with E-state index in [1.54, 1.807) is 11.1 Å². The van der Waals surface area contributed by atoms with Gasteiger partial charge in [-0.05, 0) is 37.0 Å². The first-order valence-electron chi connectivity index (χ1n) is 13.3. The predicted molar refractivity (Wildman–Crippen MR) is 144 cm³/mol. The van der Waals surface area contributed by atoms with Gasteiger partial charge in [0.2, 0.25) is 11.8 Å². The van der Waals surface area contributed by atoms with Crippen molar-refractivity contribution >= 4 is 11.8 Å². The van der Waals surface area contributed by atoms with Crippen molar-refractivity contribution < 1.29 is 23.1 Å². The van der Waals surface area contributed by atoms with Crippen LogP contribution in [0.5, 0.6) is 5.75 Å². The summed E-state index contributed by atoms with van der Waals surface area (Å²) in [6.45, 7) is 5.54. The van der Waals surface area contributed by atoms with Gasteiger partial charge in [0.15, 0.2) is 11.6 Å². The molecule has 1 aliphatic rings. The second-order valence-electron chi connectivity index (χ2n) is 10.1. The number of aromatic nitrogens is 2. The van der Waals surface area contributed by atoms with Gasteiger partial charge in [0.1, 0.15) is 17.6 Å². The molecule has 2 bridgehead atoms. The van der Waals surface area contributed by atoms with Crippen LogP contribution in [0.2, 0.25) is 0 Å². The fraction of sp³-hybridized carbons (Fsp3) is 0.414. The van der Waals surface area contributed by atoms with Gasteiger partial charge in [-0.1, -0.05) is 38.1 Å². The van der Waals surface area contributed by atoms with Crippen LogP contribution in [0, 0.1) is 17.6 Å². The maximum Gasteiger partial charge on any atom is 0.242 e. The van der Waals surface area contributed by atoms with E-state index in [1.165, 1.54) is 12.1 Å². The zero-order valence-electron chi connectivity index (χ0n) is 22.3. The molecule has 10 heteroatoms. The predicted octanol–water partition coefficient (Wildman–Crippen LogP) is 3.76. The molecule has 0 unspecified atom stereocenters. The summed E-state index contributed by atoms with van der Waals surface area (Å²) in [6.07, 6.45) is 4.58. The van der Waals surface area contributed by atoms with E-state index >= 15 is 0 Å². The lowest BCUT2D eigenvalue weighted by Crippen LogP contribution is -2.50. The molecule has 4 rings (SSSR count). The molecular weight excluding hydrogens is 504 g/mol. The largest absolute Gasteiger partial charge is 0.494 e. The van der Waals surface area contributed by atoms with E-state index in [2.05, 4.69) is 15.6 Å². The Bertz CT molecular complexity index is 1280. The van der Waals surface area contributed by atoms with E-state index in [0.29, 0.717) is 44.8 Å². The molecule has 0 aliphatic carbocycles. The maximum absolute atomic E-state index is 14.4. The molecule has 208 valence electrons. The number of ether oxygens (including phenoxy) is 1. The van der Waals surface area contributed by atoms with Crippen molar-refractivity contribution in [2.24, 2.45) is 5.92 Å². The number of nitrogens with one attached hydrogen (secondary N) is 2. The van der Waals surface area contributed by atoms with Gasteiger partial charge < -0.3 is 19.9 Å². The molecule has 2 amide bonds. The number of hydrogen-bond acceptors (Lipinski definition) is 5. The van der Waals surface area contributed by atoms with Gasteiger partial charge in [-0.3, -0.25) is 14.5 Å². The topological polar surface area (TPSA) is 88.5 Å². The molecule has 2 aromatic carbocycles. The maximum atomic E-state index is 14.4. The lowest BCUT2D eigenvalue weighted by atomic mass is 10.0. The van der Waals surface area contributed by atoms with E-state index in [9.17, 15) is 18.4 Å². The van der Waals surface area contributed by atoms with Crippen molar-refractivity contribution in [2.75, 3.05) is 26.2 Å². The minimum Gasteiger partial charge on any atom is -0.494 e. The molecule has 0 saturated carbocycles. The van der Waals surface area contributed by atoms with Crippen LogP contribution in [0.4, 0.5) is 8.78 Å². The third-order valence-corrected chi connectivity index (χ3v) is 6.50. The Hall–Kier alpha value is -3.79. The van der Waals surface area contributed by atoms with E-state index in [1.807, 2.05) is 48.9 Å². The van der Waals surface area contributed by atoms with Crippen molar-refractivity contribution in [1.29, 1.82) is 0 Å². The Labute approximate surface area is 227 Å². The fourth-order valence-corrected chi connectivity index (χ4v) is 4.65. The van der Waals surface area contributed by atoms with Gasteiger partial charge in [0.05, 0.1) is 13.2 Å². The molecule has 1 aromatic heterocycles. The van der Waals surface area contributed by atoms with Gasteiger partial charge in [-0.15, -0.1) is 0 Å². The van der Waals surface area contributed by atoms with Crippen LogP contribution in [0.3, 0.4) is 0 Å². The molecule has 8 nitrogen and oxygen atoms in total. The number of hydrogen-bond donors (Lipinski definition) is 2. The summed E-state index contributed by atoms with van der Waals surface area (Å²) in [4.78, 5) is 32.3. The molecule has 2 N–H and O–H groups in total. The number of halogens is 2. The highest BCUT2D eigenvalue weighted by atomic mass is 19.2. The monoisotopic (exact) mass is 539 g/mol. The summed E-state index contributed by atoms with van der Waals surface area (Å²) in [5.41, 5.74) is 1.05. The molecule has 0 radical (unpaired) electrons. The number of carbonyl (C=O) groups excluding carboxylic acids is 2. The van der Waals surface area contributed by atoms with Crippen molar-refractivity contribution in [2.45, 2.75) is 45.8 Å². The summed E-state index contributed by atoms with van der Waals surface area (Å²) < 4.78 is 36.2. The van der Waals surface area contributed by atoms with Gasteiger partial charge in [0, 0.05) is 49.7 Å². The van der Waals surface area contributed by atoms with Crippen LogP contribution in [0.25, 0.3) is 11.4 Å². The molecule has 39 heavy (non-hydrogen) atoms. The summed E-state index contributed by atoms with van der Waals surface area (Å²) in [5, 5.41) is 5.79. The Morgan fingerprint density at radius 2 is 1.95 bits per heavy atom. The van der Waals surface area contributed by atoms with E-state index < -0.39 is 17.7 Å². The van der Waals surface area contributed by atoms with Crippen LogP contribution in [-0.2, 0) is 22.7 Å². The fourth-order valence-electron chi connectivity index (χ4n) is 4.65. The molecule has 0 saturated heterocycles. The second kappa shape index (κ2) is 13.3. The molecule has 0 fully saturated rings. The smallest absolute Gasteiger partial charge is 0.242 e. The minimum absolute atomic E-state index is 0.0379. The number of imidazole rings is 1. The second-order valence-corrected chi connectivity index (χ2v) is 10.1. The quantitative estimate of drug-likeness (QED) is 0.527. The van der Waals surface area contributed by atoms with E-state index in [4.69, 9.17) is 4.74 Å². The van der Waals surface area contributed by atoms with Crippen molar-refractivity contribution in [1.82, 2.24) is 25.1 Å². The number of rotatable bonds is 4. The lowest BCUT2D eigenvalue weighted by Gasteiger charge is -2.25. The van der Waals surface area contributed by atoms with Gasteiger partial charge in [-0.25, -0.2) is 13.8 Å². The van der Waals surface area contributed by atoms with Crippen LogP contribution in [0.15, 0.2) is 54.9 Å². The number of fused-ring (bicyclic) bond motifs is 4. The highest BCUT2D eigenvalue weighted by Crippen LogP contribution is 2.23. The average molecular weight is 540 g/mol. The van der Waals surface area contributed by atoms with Crippen molar-refractivity contribution in [3.63, 3.8) is 0 Å². The summed E-state index contributed by atoms with van der Waals surface area (Å²) in [5.74, 6) is -0.894. The number of amides is 2. The summed E-state index contributed by atoms with van der Waals surface area (Å²) in [7, 11) is 0. The van der Waals surface area contributed by atoms with Gasteiger partial charge in [-0.2, -0.15) is 0 Å². The average Bonchev–Trinajstić information content (AvgIpc) is 3.37. The minimum atomic E-state index is -0.934. The van der Waals surface area contributed by atoms with E-state index in [-0.39, 0.29) is 36.4 Å². The third-order valence-electron chi connectivity index (χ3n) is 6.50. The van der Waals surface area contributed by atoms with Crippen molar-refractivity contribution in [3.8, 4) is 17.1 Å². The molecule has 1 atom stereocenters. The first kappa shape index (κ1) is 28.2. The highest BCUT2D eigenvalue weighted by molar-refractivity contribution is 5.88. The molecule has 0 spiro atoms. The van der Waals surface area contributed by atoms with Crippen LogP contribution < -0.4 is 15.4 Å². The SMILES string of the molecule is CC(C)C[C@H]1NC(=O)CN(Cc2cccc(F)c2F)CCCOc2cccc(c2)-c2nccn2CCNC1=O. The van der Waals surface area contributed by atoms with Crippen LogP contribution >= 0.6 is 0 Å². The highest BCUT2D eigenvalue weighted by Gasteiger charge is 2.24. The summed E-state index contributed by atoms with van der Waals surface area (Å²) >= 11 is 0. The molecule has 3 aromatic rings. The molecule has 2 heterocycles. The van der Waals surface area contributed by atoms with E-state index in [0.717, 1.165) is 17.5 Å². The van der Waals surface area contributed by atoms with Gasteiger partial charge in [0.25, 0.3) is 0 Å². The first-order valence-corrected chi connectivity index (χ1v) is 13.3. The standard InChI is InChI=1S/C29H35F2N5O3/c1-20(2)16-25-29(38)33-11-14-36-13-10-32-28(36)21-6-3-8-23(17-21)39-15-5-12-35(19-26(37)34-25)18-22-7-4-9-24(30)27(22)31/h3-4,6-10,13,17,20,25H,5,11-12,14-16,18-19H2,1-2H3,(H,33,38)(H,34,37)/t25-/m1/s1. The first-order chi connectivity index (χ1) is 18.8. The van der Waals surface area contributed by atoms with Crippen LogP contribution in [0.1, 0.15) is 32.3 Å². The summed E-state index contributed by atoms with van der Waals surface area (Å²) in [6, 6.07) is 10.9. The normalized spacial score (nSPS) is 17.9. The Kier molecular flexibility index (Phi) is 9.64. The Morgan fingerprint density at radius 3 is 2.77 bits per heavy atom. The van der Waals surface area contributed by atoms with Crippen LogP contribution in [-0.4, -0.2) is 58.5 Å². The number of nitrogens with zero attached hydrogens (tertiary/aromatic N) is 3. The lowest BCUT2D eigenvalue weighted by molar-refractivity contribution is -0.130. The number of carbonyl (C=O) groups is 2. The third kappa shape index (κ3) is 7.86. The zero-order valence-corrected chi connectivity index (χ0v) is 22.3. The number of benzene rings is 2.